The van der Waals surface area contributed by atoms with Crippen molar-refractivity contribution in [1.82, 2.24) is 4.31 Å². The van der Waals surface area contributed by atoms with Crippen LogP contribution in [0.5, 0.6) is 11.5 Å². The van der Waals surface area contributed by atoms with Crippen LogP contribution in [0.1, 0.15) is 30.4 Å². The molecule has 1 atom stereocenters. The second-order valence-electron chi connectivity index (χ2n) is 8.39. The number of rotatable bonds is 7. The van der Waals surface area contributed by atoms with Gasteiger partial charge in [0.05, 0.1) is 30.8 Å². The minimum absolute atomic E-state index is 0.0595. The molecule has 2 heterocycles. The van der Waals surface area contributed by atoms with Crippen LogP contribution in [0.3, 0.4) is 0 Å². The van der Waals surface area contributed by atoms with Crippen molar-refractivity contribution in [2.75, 3.05) is 38.2 Å². The summed E-state index contributed by atoms with van der Waals surface area (Å²) in [6.45, 7) is 5.24. The maximum Gasteiger partial charge on any atom is 0.243 e. The van der Waals surface area contributed by atoms with E-state index in [0.29, 0.717) is 37.0 Å². The molecule has 2 aliphatic rings. The number of hydrogen-bond acceptors (Lipinski definition) is 6. The Morgan fingerprint density at radius 2 is 1.85 bits per heavy atom. The minimum Gasteiger partial charge on any atom is -0.490 e. The van der Waals surface area contributed by atoms with Crippen molar-refractivity contribution >= 4 is 21.6 Å². The standard InChI is InChI=1S/C24H30N2O6S/c1-17-6-3-8-21(18(17)2)25-24(27)16-26(15-19-7-4-11-30-19)33(28,29)20-9-10-22-23(14-20)32-13-5-12-31-22/h3,6,8-10,14,19H,4-5,7,11-13,15-16H2,1-2H3,(H,25,27). The summed E-state index contributed by atoms with van der Waals surface area (Å²) in [5, 5.41) is 2.86. The third-order valence-corrected chi connectivity index (χ3v) is 7.79. The summed E-state index contributed by atoms with van der Waals surface area (Å²) in [4.78, 5) is 13.0. The summed E-state index contributed by atoms with van der Waals surface area (Å²) < 4.78 is 45.3. The van der Waals surface area contributed by atoms with Gasteiger partial charge >= 0.3 is 0 Å². The van der Waals surface area contributed by atoms with Crippen LogP contribution in [0.15, 0.2) is 41.3 Å². The molecule has 4 rings (SSSR count). The number of amides is 1. The van der Waals surface area contributed by atoms with Gasteiger partial charge in [0.25, 0.3) is 0 Å². The molecule has 0 saturated carbocycles. The summed E-state index contributed by atoms with van der Waals surface area (Å²) in [5.74, 6) is 0.509. The van der Waals surface area contributed by atoms with Crippen LogP contribution in [-0.2, 0) is 19.6 Å². The lowest BCUT2D eigenvalue weighted by Crippen LogP contribution is -2.42. The van der Waals surface area contributed by atoms with E-state index in [1.165, 1.54) is 16.4 Å². The Balaban J connectivity index is 1.58. The van der Waals surface area contributed by atoms with Crippen molar-refractivity contribution in [2.24, 2.45) is 0 Å². The van der Waals surface area contributed by atoms with Gasteiger partial charge in [0.15, 0.2) is 11.5 Å². The molecule has 8 nitrogen and oxygen atoms in total. The molecule has 2 aromatic carbocycles. The number of nitrogens with zero attached hydrogens (tertiary/aromatic N) is 1. The van der Waals surface area contributed by atoms with Gasteiger partial charge < -0.3 is 19.5 Å². The van der Waals surface area contributed by atoms with E-state index in [2.05, 4.69) is 5.32 Å². The van der Waals surface area contributed by atoms with Crippen LogP contribution >= 0.6 is 0 Å². The van der Waals surface area contributed by atoms with Gasteiger partial charge in [0.2, 0.25) is 15.9 Å². The van der Waals surface area contributed by atoms with E-state index in [9.17, 15) is 13.2 Å². The molecule has 0 spiro atoms. The highest BCUT2D eigenvalue weighted by molar-refractivity contribution is 7.89. The van der Waals surface area contributed by atoms with Crippen molar-refractivity contribution < 1.29 is 27.4 Å². The van der Waals surface area contributed by atoms with E-state index in [-0.39, 0.29) is 24.1 Å². The van der Waals surface area contributed by atoms with Crippen molar-refractivity contribution in [1.29, 1.82) is 0 Å². The quantitative estimate of drug-likeness (QED) is 0.662. The Bertz CT molecular complexity index is 1110. The minimum atomic E-state index is -3.98. The predicted octanol–water partition coefficient (Wildman–Crippen LogP) is 3.27. The lowest BCUT2D eigenvalue weighted by molar-refractivity contribution is -0.116. The number of carbonyl (C=O) groups excluding carboxylic acids is 1. The fourth-order valence-corrected chi connectivity index (χ4v) is 5.40. The van der Waals surface area contributed by atoms with E-state index >= 15 is 0 Å². The van der Waals surface area contributed by atoms with Crippen LogP contribution in [0.25, 0.3) is 0 Å². The van der Waals surface area contributed by atoms with Gasteiger partial charge in [-0.05, 0) is 56.0 Å². The highest BCUT2D eigenvalue weighted by atomic mass is 32.2. The van der Waals surface area contributed by atoms with Gasteiger partial charge in [0.1, 0.15) is 0 Å². The summed E-state index contributed by atoms with van der Waals surface area (Å²) in [6.07, 6.45) is 2.11. The van der Waals surface area contributed by atoms with E-state index in [4.69, 9.17) is 14.2 Å². The lowest BCUT2D eigenvalue weighted by Gasteiger charge is -2.25. The average Bonchev–Trinajstić information content (AvgIpc) is 3.18. The topological polar surface area (TPSA) is 94.2 Å². The van der Waals surface area contributed by atoms with Gasteiger partial charge in [-0.15, -0.1) is 0 Å². The maximum absolute atomic E-state index is 13.6. The largest absolute Gasteiger partial charge is 0.490 e. The molecular weight excluding hydrogens is 444 g/mol. The van der Waals surface area contributed by atoms with Crippen LogP contribution < -0.4 is 14.8 Å². The highest BCUT2D eigenvalue weighted by Crippen LogP contribution is 2.33. The van der Waals surface area contributed by atoms with Gasteiger partial charge in [0, 0.05) is 31.3 Å². The number of anilines is 1. The van der Waals surface area contributed by atoms with E-state index in [1.807, 2.05) is 32.0 Å². The van der Waals surface area contributed by atoms with E-state index < -0.39 is 15.9 Å². The summed E-state index contributed by atoms with van der Waals surface area (Å²) >= 11 is 0. The molecule has 0 bridgehead atoms. The molecule has 9 heteroatoms. The molecule has 1 N–H and O–H groups in total. The Morgan fingerprint density at radius 1 is 1.06 bits per heavy atom. The van der Waals surface area contributed by atoms with Gasteiger partial charge in [-0.25, -0.2) is 8.42 Å². The highest BCUT2D eigenvalue weighted by Gasteiger charge is 2.32. The number of hydrogen-bond donors (Lipinski definition) is 1. The molecule has 1 amide bonds. The fourth-order valence-electron chi connectivity index (χ4n) is 3.95. The Labute approximate surface area is 194 Å². The zero-order valence-electron chi connectivity index (χ0n) is 19.0. The van der Waals surface area contributed by atoms with Crippen molar-refractivity contribution in [3.8, 4) is 11.5 Å². The second-order valence-corrected chi connectivity index (χ2v) is 10.3. The number of benzene rings is 2. The second kappa shape index (κ2) is 10.1. The first-order valence-electron chi connectivity index (χ1n) is 11.2. The molecule has 0 aliphatic carbocycles. The first kappa shape index (κ1) is 23.5. The predicted molar refractivity (Wildman–Crippen MR) is 124 cm³/mol. The van der Waals surface area contributed by atoms with Crippen molar-refractivity contribution in [3.63, 3.8) is 0 Å². The summed E-state index contributed by atoms with van der Waals surface area (Å²) in [7, 11) is -3.98. The molecule has 1 unspecified atom stereocenters. The molecule has 1 saturated heterocycles. The molecule has 2 aromatic rings. The molecule has 33 heavy (non-hydrogen) atoms. The lowest BCUT2D eigenvalue weighted by atomic mass is 10.1. The van der Waals surface area contributed by atoms with Crippen LogP contribution in [0, 0.1) is 13.8 Å². The van der Waals surface area contributed by atoms with Crippen LogP contribution in [0.4, 0.5) is 5.69 Å². The van der Waals surface area contributed by atoms with Crippen LogP contribution in [0.2, 0.25) is 0 Å². The zero-order valence-corrected chi connectivity index (χ0v) is 19.8. The van der Waals surface area contributed by atoms with E-state index in [1.54, 1.807) is 6.07 Å². The maximum atomic E-state index is 13.6. The first-order chi connectivity index (χ1) is 15.8. The van der Waals surface area contributed by atoms with Crippen molar-refractivity contribution in [3.05, 3.63) is 47.5 Å². The molecular formula is C24H30N2O6S. The third-order valence-electron chi connectivity index (χ3n) is 5.99. The number of ether oxygens (including phenoxy) is 3. The Hall–Kier alpha value is -2.62. The van der Waals surface area contributed by atoms with E-state index in [0.717, 1.165) is 30.4 Å². The van der Waals surface area contributed by atoms with Crippen molar-refractivity contribution in [2.45, 2.75) is 44.1 Å². The van der Waals surface area contributed by atoms with Gasteiger partial charge in [-0.1, -0.05) is 12.1 Å². The summed E-state index contributed by atoms with van der Waals surface area (Å²) in [6, 6.07) is 10.2. The normalized spacial score (nSPS) is 18.2. The molecule has 0 radical (unpaired) electrons. The van der Waals surface area contributed by atoms with Gasteiger partial charge in [-0.3, -0.25) is 4.79 Å². The number of fused-ring (bicyclic) bond motifs is 1. The first-order valence-corrected chi connectivity index (χ1v) is 12.7. The Kier molecular flexibility index (Phi) is 7.21. The smallest absolute Gasteiger partial charge is 0.243 e. The number of carbonyl (C=O) groups is 1. The van der Waals surface area contributed by atoms with Crippen LogP contribution in [-0.4, -0.2) is 57.6 Å². The van der Waals surface area contributed by atoms with Gasteiger partial charge in [-0.2, -0.15) is 4.31 Å². The number of nitrogens with one attached hydrogen (secondary N) is 1. The summed E-state index contributed by atoms with van der Waals surface area (Å²) in [5.41, 5.74) is 2.66. The fraction of sp³-hybridized carbons (Fsp3) is 0.458. The molecule has 0 aromatic heterocycles. The number of sulfonamides is 1. The molecule has 178 valence electrons. The molecule has 2 aliphatic heterocycles. The molecule has 1 fully saturated rings. The third kappa shape index (κ3) is 5.48. The Morgan fingerprint density at radius 3 is 2.61 bits per heavy atom. The number of aryl methyl sites for hydroxylation is 1. The average molecular weight is 475 g/mol. The SMILES string of the molecule is Cc1cccc(NC(=O)CN(CC2CCCO2)S(=O)(=O)c2ccc3c(c2)OCCCO3)c1C. The monoisotopic (exact) mass is 474 g/mol. The zero-order chi connectivity index (χ0) is 23.4.